The molecule has 0 radical (unpaired) electrons. The quantitative estimate of drug-likeness (QED) is 0.862. The second-order valence-electron chi connectivity index (χ2n) is 4.54. The van der Waals surface area contributed by atoms with Gasteiger partial charge in [-0.3, -0.25) is 0 Å². The third-order valence-electron chi connectivity index (χ3n) is 3.50. The fourth-order valence-corrected chi connectivity index (χ4v) is 2.64. The van der Waals surface area contributed by atoms with Crippen molar-refractivity contribution in [3.63, 3.8) is 0 Å². The summed E-state index contributed by atoms with van der Waals surface area (Å²) in [7, 11) is 0. The molecule has 1 aromatic carbocycles. The van der Waals surface area contributed by atoms with Crippen LogP contribution in [0.1, 0.15) is 47.7 Å². The van der Waals surface area contributed by atoms with Gasteiger partial charge in [-0.25, -0.2) is 4.79 Å². The Hall–Kier alpha value is -1.84. The van der Waals surface area contributed by atoms with Crippen molar-refractivity contribution in [2.75, 3.05) is 0 Å². The summed E-state index contributed by atoms with van der Waals surface area (Å²) in [5.41, 5.74) is 1.53. The van der Waals surface area contributed by atoms with Crippen LogP contribution in [0.4, 0.5) is 0 Å². The SMILES string of the molecule is O=C(O)c1cccc2c(C3CCCC3)noc12. The van der Waals surface area contributed by atoms with Crippen LogP contribution in [-0.4, -0.2) is 16.2 Å². The summed E-state index contributed by atoms with van der Waals surface area (Å²) in [4.78, 5) is 11.1. The minimum Gasteiger partial charge on any atom is -0.478 e. The number of carboxylic acids is 1. The zero-order valence-corrected chi connectivity index (χ0v) is 9.35. The van der Waals surface area contributed by atoms with E-state index < -0.39 is 5.97 Å². The number of aromatic carboxylic acids is 1. The lowest BCUT2D eigenvalue weighted by molar-refractivity contribution is 0.0697. The van der Waals surface area contributed by atoms with Crippen molar-refractivity contribution < 1.29 is 14.4 Å². The third kappa shape index (κ3) is 1.60. The van der Waals surface area contributed by atoms with Crippen LogP contribution in [0.5, 0.6) is 0 Å². The molecule has 1 aromatic heterocycles. The Kier molecular flexibility index (Phi) is 2.35. The molecule has 1 aliphatic rings. The minimum absolute atomic E-state index is 0.194. The molecule has 0 unspecified atom stereocenters. The Bertz CT molecular complexity index is 567. The van der Waals surface area contributed by atoms with E-state index in [2.05, 4.69) is 5.16 Å². The van der Waals surface area contributed by atoms with E-state index in [9.17, 15) is 4.79 Å². The maximum Gasteiger partial charge on any atom is 0.339 e. The van der Waals surface area contributed by atoms with Crippen molar-refractivity contribution in [2.45, 2.75) is 31.6 Å². The molecular formula is C13H13NO3. The molecule has 17 heavy (non-hydrogen) atoms. The highest BCUT2D eigenvalue weighted by atomic mass is 16.5. The maximum atomic E-state index is 11.1. The van der Waals surface area contributed by atoms with Gasteiger partial charge in [-0.2, -0.15) is 0 Å². The monoisotopic (exact) mass is 231 g/mol. The Morgan fingerprint density at radius 2 is 2.12 bits per heavy atom. The lowest BCUT2D eigenvalue weighted by Crippen LogP contribution is -1.96. The minimum atomic E-state index is -0.968. The predicted octanol–water partition coefficient (Wildman–Crippen LogP) is 3.18. The summed E-state index contributed by atoms with van der Waals surface area (Å²) in [6.07, 6.45) is 4.69. The molecule has 0 spiro atoms. The summed E-state index contributed by atoms with van der Waals surface area (Å²) in [5.74, 6) is -0.537. The van der Waals surface area contributed by atoms with Crippen LogP contribution in [0.15, 0.2) is 22.7 Å². The number of para-hydroxylation sites is 1. The first-order valence-electron chi connectivity index (χ1n) is 5.89. The van der Waals surface area contributed by atoms with Crippen molar-refractivity contribution in [3.05, 3.63) is 29.5 Å². The van der Waals surface area contributed by atoms with Crippen LogP contribution in [0.25, 0.3) is 11.0 Å². The number of carboxylic acid groups (broad SMARTS) is 1. The topological polar surface area (TPSA) is 63.3 Å². The number of rotatable bonds is 2. The van der Waals surface area contributed by atoms with Crippen LogP contribution < -0.4 is 0 Å². The highest BCUT2D eigenvalue weighted by Gasteiger charge is 2.24. The number of carbonyl (C=O) groups is 1. The van der Waals surface area contributed by atoms with Crippen molar-refractivity contribution in [3.8, 4) is 0 Å². The van der Waals surface area contributed by atoms with E-state index in [1.54, 1.807) is 12.1 Å². The molecule has 0 saturated heterocycles. The van der Waals surface area contributed by atoms with Crippen molar-refractivity contribution in [2.24, 2.45) is 0 Å². The van der Waals surface area contributed by atoms with Crippen molar-refractivity contribution in [1.82, 2.24) is 5.16 Å². The molecule has 1 fully saturated rings. The Labute approximate surface area is 98.2 Å². The molecule has 2 aromatic rings. The van der Waals surface area contributed by atoms with Gasteiger partial charge in [0, 0.05) is 11.3 Å². The van der Waals surface area contributed by atoms with Gasteiger partial charge < -0.3 is 9.63 Å². The standard InChI is InChI=1S/C13H13NO3/c15-13(16)10-7-3-6-9-11(14-17-12(9)10)8-4-1-2-5-8/h3,6-8H,1-2,4-5H2,(H,15,16). The summed E-state index contributed by atoms with van der Waals surface area (Å²) in [5, 5.41) is 14.0. The molecule has 0 bridgehead atoms. The molecule has 4 heteroatoms. The smallest absolute Gasteiger partial charge is 0.339 e. The molecule has 1 saturated carbocycles. The zero-order valence-electron chi connectivity index (χ0n) is 9.35. The van der Waals surface area contributed by atoms with Crippen LogP contribution in [0.3, 0.4) is 0 Å². The largest absolute Gasteiger partial charge is 0.478 e. The first kappa shape index (κ1) is 10.3. The first-order valence-corrected chi connectivity index (χ1v) is 5.89. The van der Waals surface area contributed by atoms with Crippen LogP contribution in [0, 0.1) is 0 Å². The van der Waals surface area contributed by atoms with Crippen LogP contribution >= 0.6 is 0 Å². The van der Waals surface area contributed by atoms with Gasteiger partial charge in [0.25, 0.3) is 0 Å². The van der Waals surface area contributed by atoms with E-state index in [1.165, 1.54) is 12.8 Å². The maximum absolute atomic E-state index is 11.1. The van der Waals surface area contributed by atoms with Gasteiger partial charge in [0.1, 0.15) is 5.56 Å². The van der Waals surface area contributed by atoms with Gasteiger partial charge in [-0.05, 0) is 25.0 Å². The number of hydrogen-bond acceptors (Lipinski definition) is 3. The van der Waals surface area contributed by atoms with Gasteiger partial charge in [0.2, 0.25) is 0 Å². The normalized spacial score (nSPS) is 16.7. The Morgan fingerprint density at radius 1 is 1.35 bits per heavy atom. The fraction of sp³-hybridized carbons (Fsp3) is 0.385. The molecule has 4 nitrogen and oxygen atoms in total. The summed E-state index contributed by atoms with van der Waals surface area (Å²) in [6.45, 7) is 0. The number of nitrogens with zero attached hydrogens (tertiary/aromatic N) is 1. The van der Waals surface area contributed by atoms with E-state index in [1.807, 2.05) is 6.07 Å². The second kappa shape index (κ2) is 3.87. The van der Waals surface area contributed by atoms with Gasteiger partial charge in [0.15, 0.2) is 5.58 Å². The number of hydrogen-bond donors (Lipinski definition) is 1. The van der Waals surface area contributed by atoms with Gasteiger partial charge in [-0.1, -0.05) is 24.1 Å². The summed E-state index contributed by atoms with van der Waals surface area (Å²) in [6, 6.07) is 5.20. The van der Waals surface area contributed by atoms with Crippen LogP contribution in [0.2, 0.25) is 0 Å². The Balaban J connectivity index is 2.15. The van der Waals surface area contributed by atoms with E-state index in [4.69, 9.17) is 9.63 Å². The van der Waals surface area contributed by atoms with Crippen molar-refractivity contribution >= 4 is 16.9 Å². The highest BCUT2D eigenvalue weighted by molar-refractivity contribution is 6.01. The Morgan fingerprint density at radius 3 is 2.82 bits per heavy atom. The lowest BCUT2D eigenvalue weighted by atomic mass is 9.99. The fourth-order valence-electron chi connectivity index (χ4n) is 2.64. The molecule has 1 heterocycles. The average molecular weight is 231 g/mol. The third-order valence-corrected chi connectivity index (χ3v) is 3.50. The molecule has 0 amide bonds. The highest BCUT2D eigenvalue weighted by Crippen LogP contribution is 2.37. The van der Waals surface area contributed by atoms with Gasteiger partial charge in [-0.15, -0.1) is 0 Å². The molecule has 1 aliphatic carbocycles. The number of fused-ring (bicyclic) bond motifs is 1. The number of aromatic nitrogens is 1. The van der Waals surface area contributed by atoms with Gasteiger partial charge >= 0.3 is 5.97 Å². The van der Waals surface area contributed by atoms with E-state index >= 15 is 0 Å². The lowest BCUT2D eigenvalue weighted by Gasteiger charge is -2.03. The van der Waals surface area contributed by atoms with E-state index in [0.29, 0.717) is 11.5 Å². The second-order valence-corrected chi connectivity index (χ2v) is 4.54. The molecule has 1 N–H and O–H groups in total. The molecule has 0 atom stereocenters. The molecular weight excluding hydrogens is 218 g/mol. The van der Waals surface area contributed by atoms with E-state index in [-0.39, 0.29) is 5.56 Å². The van der Waals surface area contributed by atoms with Crippen molar-refractivity contribution in [1.29, 1.82) is 0 Å². The molecule has 0 aliphatic heterocycles. The van der Waals surface area contributed by atoms with Crippen LogP contribution in [-0.2, 0) is 0 Å². The average Bonchev–Trinajstić information content (AvgIpc) is 2.96. The number of benzene rings is 1. The first-order chi connectivity index (χ1) is 8.27. The zero-order chi connectivity index (χ0) is 11.8. The molecule has 3 rings (SSSR count). The molecule has 88 valence electrons. The van der Waals surface area contributed by atoms with E-state index in [0.717, 1.165) is 23.9 Å². The summed E-state index contributed by atoms with van der Waals surface area (Å²) < 4.78 is 5.22. The predicted molar refractivity (Wildman–Crippen MR) is 62.2 cm³/mol. The summed E-state index contributed by atoms with van der Waals surface area (Å²) >= 11 is 0. The van der Waals surface area contributed by atoms with Gasteiger partial charge in [0.05, 0.1) is 5.69 Å².